The van der Waals surface area contributed by atoms with Gasteiger partial charge in [0.15, 0.2) is 0 Å². The Labute approximate surface area is 163 Å². The number of rotatable bonds is 9. The molecule has 0 saturated heterocycles. The number of anilines is 2. The summed E-state index contributed by atoms with van der Waals surface area (Å²) in [5.74, 6) is -0.304. The van der Waals surface area contributed by atoms with Crippen molar-refractivity contribution in [1.29, 1.82) is 0 Å². The molecule has 0 aromatic heterocycles. The number of halogens is 1. The van der Waals surface area contributed by atoms with Gasteiger partial charge in [-0.25, -0.2) is 4.39 Å². The molecule has 3 aromatic rings. The summed E-state index contributed by atoms with van der Waals surface area (Å²) in [6.45, 7) is 0. The van der Waals surface area contributed by atoms with Crippen LogP contribution in [0.4, 0.5) is 15.8 Å². The molecule has 0 aliphatic carbocycles. The van der Waals surface area contributed by atoms with E-state index >= 15 is 0 Å². The van der Waals surface area contributed by atoms with Gasteiger partial charge in [-0.05, 0) is 59.7 Å². The highest BCUT2D eigenvalue weighted by Gasteiger charge is 2.15. The summed E-state index contributed by atoms with van der Waals surface area (Å²) < 4.78 is 13.8. The molecule has 1 atom stereocenters. The lowest BCUT2D eigenvalue weighted by Crippen LogP contribution is -2.08. The fourth-order valence-corrected chi connectivity index (χ4v) is 3.33. The Bertz CT molecular complexity index is 944. The Kier molecular flexibility index (Phi) is 6.52. The predicted molar refractivity (Wildman–Crippen MR) is 109 cm³/mol. The summed E-state index contributed by atoms with van der Waals surface area (Å²) in [4.78, 5) is 21.4. The van der Waals surface area contributed by atoms with Crippen LogP contribution in [0.1, 0.15) is 22.6 Å². The molecule has 0 aliphatic heterocycles. The number of hydrogen-bond donors (Lipinski definition) is 2. The molecule has 0 spiro atoms. The number of carbonyl (C=O) groups excluding carboxylic acids is 2. The second kappa shape index (κ2) is 9.46. The molecule has 0 fully saturated rings. The van der Waals surface area contributed by atoms with Crippen molar-refractivity contribution in [1.82, 2.24) is 0 Å². The predicted octanol–water partition coefficient (Wildman–Crippen LogP) is 4.53. The maximum absolute atomic E-state index is 13.8. The summed E-state index contributed by atoms with van der Waals surface area (Å²) in [5.41, 5.74) is 4.12. The molecular formula is C23H21FN2O2. The third-order valence-corrected chi connectivity index (χ3v) is 4.63. The van der Waals surface area contributed by atoms with E-state index in [1.807, 2.05) is 42.5 Å². The Hall–Kier alpha value is -3.47. The number of hydrogen-bond acceptors (Lipinski definition) is 2. The molecule has 142 valence electrons. The fourth-order valence-electron chi connectivity index (χ4n) is 3.33. The van der Waals surface area contributed by atoms with Gasteiger partial charge in [0, 0.05) is 5.69 Å². The van der Waals surface area contributed by atoms with Gasteiger partial charge in [0.05, 0.1) is 5.69 Å². The number of amides is 2. The van der Waals surface area contributed by atoms with Crippen LogP contribution in [-0.2, 0) is 22.4 Å². The van der Waals surface area contributed by atoms with Gasteiger partial charge in [0.1, 0.15) is 5.82 Å². The van der Waals surface area contributed by atoms with Gasteiger partial charge in [-0.1, -0.05) is 48.5 Å². The van der Waals surface area contributed by atoms with E-state index in [9.17, 15) is 14.0 Å². The molecule has 5 heteroatoms. The lowest BCUT2D eigenvalue weighted by Gasteiger charge is -2.19. The lowest BCUT2D eigenvalue weighted by molar-refractivity contribution is -0.106. The number of carbonyl (C=O) groups is 2. The van der Waals surface area contributed by atoms with Crippen LogP contribution in [0.5, 0.6) is 0 Å². The maximum atomic E-state index is 13.8. The topological polar surface area (TPSA) is 58.2 Å². The standard InChI is InChI=1S/C23H21FN2O2/c24-22-10-9-18(14-23(22)26-16-28)12-20(19-6-2-1-3-7-19)11-17-5-4-8-21(13-17)25-15-27/h1-10,13-16,20H,11-12H2,(H,25,27)(H,26,28). The van der Waals surface area contributed by atoms with Crippen molar-refractivity contribution in [2.24, 2.45) is 0 Å². The van der Waals surface area contributed by atoms with Gasteiger partial charge in [-0.3, -0.25) is 9.59 Å². The molecule has 2 N–H and O–H groups in total. The zero-order valence-corrected chi connectivity index (χ0v) is 15.3. The average Bonchev–Trinajstić information content (AvgIpc) is 2.71. The van der Waals surface area contributed by atoms with E-state index in [2.05, 4.69) is 22.8 Å². The normalized spacial score (nSPS) is 11.5. The smallest absolute Gasteiger partial charge is 0.211 e. The van der Waals surface area contributed by atoms with E-state index in [1.165, 1.54) is 11.6 Å². The highest BCUT2D eigenvalue weighted by molar-refractivity contribution is 5.72. The first kappa shape index (κ1) is 19.3. The fraction of sp³-hybridized carbons (Fsp3) is 0.130. The van der Waals surface area contributed by atoms with E-state index < -0.39 is 5.82 Å². The van der Waals surface area contributed by atoms with E-state index in [0.29, 0.717) is 19.2 Å². The van der Waals surface area contributed by atoms with Gasteiger partial charge in [0.2, 0.25) is 12.8 Å². The molecular weight excluding hydrogens is 355 g/mol. The lowest BCUT2D eigenvalue weighted by atomic mass is 9.86. The first-order valence-corrected chi connectivity index (χ1v) is 9.02. The van der Waals surface area contributed by atoms with Crippen LogP contribution in [0.15, 0.2) is 72.8 Å². The summed E-state index contributed by atoms with van der Waals surface area (Å²) in [6.07, 6.45) is 2.58. The van der Waals surface area contributed by atoms with Crippen molar-refractivity contribution < 1.29 is 14.0 Å². The molecule has 0 saturated carbocycles. The Morgan fingerprint density at radius 3 is 2.21 bits per heavy atom. The number of nitrogens with one attached hydrogen (secondary N) is 2. The monoisotopic (exact) mass is 376 g/mol. The number of benzene rings is 3. The van der Waals surface area contributed by atoms with Gasteiger partial charge in [-0.15, -0.1) is 0 Å². The molecule has 3 aromatic carbocycles. The first-order chi connectivity index (χ1) is 13.7. The Morgan fingerprint density at radius 2 is 1.50 bits per heavy atom. The van der Waals surface area contributed by atoms with Crippen LogP contribution < -0.4 is 10.6 Å². The molecule has 4 nitrogen and oxygen atoms in total. The molecule has 0 radical (unpaired) electrons. The summed E-state index contributed by atoms with van der Waals surface area (Å²) in [5, 5.41) is 5.08. The highest BCUT2D eigenvalue weighted by Crippen LogP contribution is 2.28. The van der Waals surface area contributed by atoms with Gasteiger partial charge in [-0.2, -0.15) is 0 Å². The van der Waals surface area contributed by atoms with Crippen LogP contribution in [0.2, 0.25) is 0 Å². The average molecular weight is 376 g/mol. The van der Waals surface area contributed by atoms with Crippen LogP contribution in [0, 0.1) is 5.82 Å². The second-order valence-corrected chi connectivity index (χ2v) is 6.55. The van der Waals surface area contributed by atoms with Gasteiger partial charge < -0.3 is 10.6 Å². The third kappa shape index (κ3) is 5.04. The van der Waals surface area contributed by atoms with Crippen molar-refractivity contribution in [3.63, 3.8) is 0 Å². The van der Waals surface area contributed by atoms with Crippen LogP contribution in [0.3, 0.4) is 0 Å². The zero-order valence-electron chi connectivity index (χ0n) is 15.3. The maximum Gasteiger partial charge on any atom is 0.211 e. The SMILES string of the molecule is O=CNc1cccc(CC(Cc2ccc(F)c(NC=O)c2)c2ccccc2)c1. The molecule has 28 heavy (non-hydrogen) atoms. The Balaban J connectivity index is 1.88. The zero-order chi connectivity index (χ0) is 19.8. The van der Waals surface area contributed by atoms with Crippen molar-refractivity contribution >= 4 is 24.2 Å². The Morgan fingerprint density at radius 1 is 0.786 bits per heavy atom. The van der Waals surface area contributed by atoms with Crippen LogP contribution in [-0.4, -0.2) is 12.8 Å². The summed E-state index contributed by atoms with van der Waals surface area (Å²) >= 11 is 0. The highest BCUT2D eigenvalue weighted by atomic mass is 19.1. The minimum atomic E-state index is -0.459. The molecule has 1 unspecified atom stereocenters. The molecule has 0 bridgehead atoms. The van der Waals surface area contributed by atoms with Gasteiger partial charge in [0.25, 0.3) is 0 Å². The second-order valence-electron chi connectivity index (χ2n) is 6.55. The molecule has 2 amide bonds. The van der Waals surface area contributed by atoms with E-state index in [0.717, 1.165) is 23.2 Å². The molecule has 0 heterocycles. The first-order valence-electron chi connectivity index (χ1n) is 9.02. The third-order valence-electron chi connectivity index (χ3n) is 4.63. The van der Waals surface area contributed by atoms with Gasteiger partial charge >= 0.3 is 0 Å². The van der Waals surface area contributed by atoms with E-state index in [-0.39, 0.29) is 11.6 Å². The van der Waals surface area contributed by atoms with Crippen LogP contribution >= 0.6 is 0 Å². The largest absolute Gasteiger partial charge is 0.329 e. The minimum absolute atomic E-state index is 0.155. The van der Waals surface area contributed by atoms with E-state index in [4.69, 9.17) is 0 Å². The van der Waals surface area contributed by atoms with Crippen molar-refractivity contribution in [3.8, 4) is 0 Å². The van der Waals surface area contributed by atoms with Crippen LogP contribution in [0.25, 0.3) is 0 Å². The molecule has 0 aliphatic rings. The van der Waals surface area contributed by atoms with Crippen molar-refractivity contribution in [2.75, 3.05) is 10.6 Å². The quantitative estimate of drug-likeness (QED) is 0.539. The summed E-state index contributed by atoms with van der Waals surface area (Å²) in [6, 6.07) is 22.6. The molecule has 3 rings (SSSR count). The minimum Gasteiger partial charge on any atom is -0.329 e. The summed E-state index contributed by atoms with van der Waals surface area (Å²) in [7, 11) is 0. The van der Waals surface area contributed by atoms with Crippen molar-refractivity contribution in [3.05, 3.63) is 95.3 Å². The van der Waals surface area contributed by atoms with E-state index in [1.54, 1.807) is 12.1 Å². The van der Waals surface area contributed by atoms with Crippen molar-refractivity contribution in [2.45, 2.75) is 18.8 Å².